The molecule has 5 rings (SSSR count). The zero-order valence-corrected chi connectivity index (χ0v) is 17.6. The second kappa shape index (κ2) is 8.16. The molecule has 0 saturated carbocycles. The quantitative estimate of drug-likeness (QED) is 0.249. The maximum absolute atomic E-state index is 13.1. The molecule has 3 aromatic carbocycles. The fraction of sp³-hybridized carbons (Fsp3) is 0.0800. The van der Waals surface area contributed by atoms with Crippen LogP contribution in [0.1, 0.15) is 22.8 Å². The molecule has 0 unspecified atom stereocenters. The first-order valence-electron chi connectivity index (χ1n) is 10.2. The summed E-state index contributed by atoms with van der Waals surface area (Å²) in [6, 6.07) is 18.6. The van der Waals surface area contributed by atoms with E-state index in [0.717, 1.165) is 5.56 Å². The summed E-state index contributed by atoms with van der Waals surface area (Å²) in [5.74, 6) is 0.784. The highest BCUT2D eigenvalue weighted by atomic mass is 16.7. The van der Waals surface area contributed by atoms with Gasteiger partial charge in [0.15, 0.2) is 11.5 Å². The molecule has 0 spiro atoms. The zero-order chi connectivity index (χ0) is 22.9. The number of carbonyl (C=O) groups excluding carboxylic acids is 1. The number of carbonyl (C=O) groups is 1. The molecule has 33 heavy (non-hydrogen) atoms. The molecule has 0 atom stereocenters. The summed E-state index contributed by atoms with van der Waals surface area (Å²) in [4.78, 5) is 17.8. The fourth-order valence-electron chi connectivity index (χ4n) is 3.64. The van der Waals surface area contributed by atoms with E-state index in [1.165, 1.54) is 18.2 Å². The third-order valence-corrected chi connectivity index (χ3v) is 5.32. The van der Waals surface area contributed by atoms with Crippen molar-refractivity contribution in [3.63, 3.8) is 0 Å². The molecule has 1 aromatic heterocycles. The van der Waals surface area contributed by atoms with Gasteiger partial charge < -0.3 is 19.7 Å². The minimum atomic E-state index is -0.436. The molecule has 8 heteroatoms. The van der Waals surface area contributed by atoms with Crippen LogP contribution in [0.5, 0.6) is 23.0 Å². The van der Waals surface area contributed by atoms with Crippen molar-refractivity contribution in [2.75, 3.05) is 6.79 Å². The molecule has 0 bridgehead atoms. The number of aromatic hydroxyl groups is 2. The highest BCUT2D eigenvalue weighted by molar-refractivity contribution is 6.08. The van der Waals surface area contributed by atoms with E-state index < -0.39 is 5.91 Å². The molecule has 3 N–H and O–H groups in total. The molecule has 164 valence electrons. The highest BCUT2D eigenvalue weighted by Gasteiger charge is 2.18. The summed E-state index contributed by atoms with van der Waals surface area (Å²) in [6.45, 7) is 1.79. The monoisotopic (exact) mass is 441 g/mol. The number of phenolic OH excluding ortho intramolecular Hbond substituents is 2. The maximum atomic E-state index is 13.1. The summed E-state index contributed by atoms with van der Waals surface area (Å²) < 4.78 is 10.8. The second-order valence-corrected chi connectivity index (χ2v) is 7.48. The largest absolute Gasteiger partial charge is 0.508 e. The molecule has 8 nitrogen and oxygen atoms in total. The summed E-state index contributed by atoms with van der Waals surface area (Å²) in [6.07, 6.45) is 0. The summed E-state index contributed by atoms with van der Waals surface area (Å²) in [5.41, 5.74) is 5.63. The fourth-order valence-corrected chi connectivity index (χ4v) is 3.64. The van der Waals surface area contributed by atoms with Gasteiger partial charge in [0.25, 0.3) is 5.91 Å². The molecular weight excluding hydrogens is 422 g/mol. The van der Waals surface area contributed by atoms with Crippen LogP contribution in [-0.2, 0) is 0 Å². The third kappa shape index (κ3) is 3.89. The molecule has 0 saturated heterocycles. The standard InChI is InChI=1S/C25H19N3O5/c1-14(18-11-16(29)7-8-22(18)30)27-28-25(31)19-12-21(26-20-5-3-2-4-17(19)20)15-6-9-23-24(10-15)33-13-32-23/h2-12,29-30H,13H2,1H3,(H,28,31)/b27-14+. The molecule has 1 aliphatic rings. The average Bonchev–Trinajstić information content (AvgIpc) is 3.31. The van der Waals surface area contributed by atoms with Gasteiger partial charge in [-0.15, -0.1) is 0 Å². The first kappa shape index (κ1) is 20.3. The van der Waals surface area contributed by atoms with E-state index in [9.17, 15) is 15.0 Å². The summed E-state index contributed by atoms with van der Waals surface area (Å²) in [7, 11) is 0. The molecule has 0 radical (unpaired) electrons. The van der Waals surface area contributed by atoms with Crippen LogP contribution in [0.15, 0.2) is 71.8 Å². The number of nitrogens with zero attached hydrogens (tertiary/aromatic N) is 2. The predicted octanol–water partition coefficient (Wildman–Crippen LogP) is 4.20. The van der Waals surface area contributed by atoms with Crippen LogP contribution < -0.4 is 14.9 Å². The van der Waals surface area contributed by atoms with Gasteiger partial charge in [-0.25, -0.2) is 10.4 Å². The smallest absolute Gasteiger partial charge is 0.272 e. The van der Waals surface area contributed by atoms with E-state index >= 15 is 0 Å². The number of fused-ring (bicyclic) bond motifs is 2. The average molecular weight is 441 g/mol. The first-order chi connectivity index (χ1) is 16.0. The van der Waals surface area contributed by atoms with Gasteiger partial charge in [0.2, 0.25) is 6.79 Å². The number of hydrogen-bond acceptors (Lipinski definition) is 7. The van der Waals surface area contributed by atoms with Crippen LogP contribution in [-0.4, -0.2) is 33.6 Å². The van der Waals surface area contributed by atoms with Crippen LogP contribution >= 0.6 is 0 Å². The van der Waals surface area contributed by atoms with E-state index in [1.807, 2.05) is 42.5 Å². The lowest BCUT2D eigenvalue weighted by Gasteiger charge is -2.10. The Hall–Kier alpha value is -4.59. The van der Waals surface area contributed by atoms with Gasteiger partial charge in [0.1, 0.15) is 11.5 Å². The van der Waals surface area contributed by atoms with Crippen molar-refractivity contribution < 1.29 is 24.5 Å². The number of ether oxygens (including phenoxy) is 2. The van der Waals surface area contributed by atoms with Gasteiger partial charge >= 0.3 is 0 Å². The number of benzene rings is 3. The minimum Gasteiger partial charge on any atom is -0.508 e. The van der Waals surface area contributed by atoms with Crippen molar-refractivity contribution in [3.8, 4) is 34.3 Å². The van der Waals surface area contributed by atoms with Gasteiger partial charge in [-0.05, 0) is 55.5 Å². The molecule has 1 aliphatic heterocycles. The van der Waals surface area contributed by atoms with Crippen LogP contribution in [0, 0.1) is 0 Å². The molecule has 0 fully saturated rings. The molecule has 0 aliphatic carbocycles. The Morgan fingerprint density at radius 2 is 1.79 bits per heavy atom. The van der Waals surface area contributed by atoms with Gasteiger partial charge in [-0.3, -0.25) is 4.79 Å². The number of amides is 1. The number of aromatic nitrogens is 1. The highest BCUT2D eigenvalue weighted by Crippen LogP contribution is 2.36. The SMILES string of the molecule is C/C(=N\NC(=O)c1cc(-c2ccc3c(c2)OCO3)nc2ccccc12)c1cc(O)ccc1O. The van der Waals surface area contributed by atoms with Gasteiger partial charge in [0, 0.05) is 16.5 Å². The zero-order valence-electron chi connectivity index (χ0n) is 17.6. The first-order valence-corrected chi connectivity index (χ1v) is 10.2. The Balaban J connectivity index is 1.52. The topological polar surface area (TPSA) is 113 Å². The van der Waals surface area contributed by atoms with Crippen molar-refractivity contribution in [1.29, 1.82) is 0 Å². The lowest BCUT2D eigenvalue weighted by Crippen LogP contribution is -2.20. The Kier molecular flexibility index (Phi) is 5.02. The molecule has 1 amide bonds. The van der Waals surface area contributed by atoms with Gasteiger partial charge in [-0.1, -0.05) is 18.2 Å². The van der Waals surface area contributed by atoms with Crippen LogP contribution in [0.25, 0.3) is 22.2 Å². The van der Waals surface area contributed by atoms with E-state index in [4.69, 9.17) is 14.5 Å². The van der Waals surface area contributed by atoms with Gasteiger partial charge in [0.05, 0.1) is 22.5 Å². The lowest BCUT2D eigenvalue weighted by molar-refractivity contribution is 0.0956. The van der Waals surface area contributed by atoms with Crippen LogP contribution in [0.3, 0.4) is 0 Å². The van der Waals surface area contributed by atoms with E-state index in [2.05, 4.69) is 10.5 Å². The van der Waals surface area contributed by atoms with E-state index in [-0.39, 0.29) is 18.3 Å². The normalized spacial score (nSPS) is 12.7. The Morgan fingerprint density at radius 3 is 2.67 bits per heavy atom. The van der Waals surface area contributed by atoms with Crippen molar-refractivity contribution in [2.45, 2.75) is 6.92 Å². The lowest BCUT2D eigenvalue weighted by atomic mass is 10.0. The number of para-hydroxylation sites is 1. The van der Waals surface area contributed by atoms with Crippen molar-refractivity contribution in [3.05, 3.63) is 77.9 Å². The number of pyridine rings is 1. The maximum Gasteiger partial charge on any atom is 0.272 e. The summed E-state index contributed by atoms with van der Waals surface area (Å²) in [5, 5.41) is 24.5. The van der Waals surface area contributed by atoms with Crippen molar-refractivity contribution in [1.82, 2.24) is 10.4 Å². The van der Waals surface area contributed by atoms with Crippen molar-refractivity contribution in [2.24, 2.45) is 5.10 Å². The number of hydrazone groups is 1. The number of hydrogen-bond donors (Lipinski definition) is 3. The Bertz CT molecular complexity index is 1430. The minimum absolute atomic E-state index is 0.0165. The third-order valence-electron chi connectivity index (χ3n) is 5.32. The number of phenols is 2. The van der Waals surface area contributed by atoms with Crippen LogP contribution in [0.4, 0.5) is 0 Å². The van der Waals surface area contributed by atoms with Crippen molar-refractivity contribution >= 4 is 22.5 Å². The van der Waals surface area contributed by atoms with Crippen LogP contribution in [0.2, 0.25) is 0 Å². The Morgan fingerprint density at radius 1 is 0.970 bits per heavy atom. The van der Waals surface area contributed by atoms with E-state index in [0.29, 0.717) is 44.9 Å². The number of rotatable bonds is 4. The molecule has 2 heterocycles. The van der Waals surface area contributed by atoms with E-state index in [1.54, 1.807) is 13.0 Å². The molecule has 4 aromatic rings. The Labute approximate surface area is 188 Å². The van der Waals surface area contributed by atoms with Gasteiger partial charge in [-0.2, -0.15) is 5.10 Å². The number of nitrogens with one attached hydrogen (secondary N) is 1. The predicted molar refractivity (Wildman–Crippen MR) is 123 cm³/mol. The second-order valence-electron chi connectivity index (χ2n) is 7.48. The molecular formula is C25H19N3O5. The summed E-state index contributed by atoms with van der Waals surface area (Å²) >= 11 is 0.